The van der Waals surface area contributed by atoms with Crippen LogP contribution in [-0.2, 0) is 6.54 Å². The molecule has 0 aliphatic heterocycles. The van der Waals surface area contributed by atoms with E-state index in [2.05, 4.69) is 55.3 Å². The molecule has 1 heterocycles. The van der Waals surface area contributed by atoms with Gasteiger partial charge in [0, 0.05) is 24.3 Å². The first kappa shape index (κ1) is 15.5. The molecule has 3 nitrogen and oxygen atoms in total. The topological polar surface area (TPSA) is 34.1 Å². The van der Waals surface area contributed by atoms with Crippen LogP contribution in [0, 0.1) is 6.92 Å². The zero-order chi connectivity index (χ0) is 15.2. The van der Waals surface area contributed by atoms with Gasteiger partial charge in [0.2, 0.25) is 0 Å². The predicted molar refractivity (Wildman–Crippen MR) is 87.6 cm³/mol. The zero-order valence-electron chi connectivity index (χ0n) is 13.3. The first-order valence-corrected chi connectivity index (χ1v) is 7.51. The van der Waals surface area contributed by atoms with Gasteiger partial charge in [-0.3, -0.25) is 4.98 Å². The van der Waals surface area contributed by atoms with Crippen LogP contribution < -0.4 is 10.1 Å². The van der Waals surface area contributed by atoms with Crippen molar-refractivity contribution in [1.82, 2.24) is 10.3 Å². The summed E-state index contributed by atoms with van der Waals surface area (Å²) < 4.78 is 5.56. The quantitative estimate of drug-likeness (QED) is 0.872. The molecular weight excluding hydrogens is 260 g/mol. The largest absolute Gasteiger partial charge is 0.492 e. The Morgan fingerprint density at radius 2 is 2.00 bits per heavy atom. The number of hydrogen-bond acceptors (Lipinski definition) is 3. The van der Waals surface area contributed by atoms with Crippen LogP contribution in [0.25, 0.3) is 11.1 Å². The highest BCUT2D eigenvalue weighted by Crippen LogP contribution is 2.27. The van der Waals surface area contributed by atoms with E-state index in [1.54, 1.807) is 6.20 Å². The Morgan fingerprint density at radius 1 is 1.19 bits per heavy atom. The molecule has 0 atom stereocenters. The molecule has 0 unspecified atom stereocenters. The molecule has 2 rings (SSSR count). The van der Waals surface area contributed by atoms with Crippen molar-refractivity contribution in [2.75, 3.05) is 6.61 Å². The van der Waals surface area contributed by atoms with Crippen LogP contribution in [0.3, 0.4) is 0 Å². The van der Waals surface area contributed by atoms with Gasteiger partial charge in [-0.25, -0.2) is 0 Å². The van der Waals surface area contributed by atoms with Gasteiger partial charge in [-0.1, -0.05) is 37.6 Å². The molecule has 0 spiro atoms. The highest BCUT2D eigenvalue weighted by atomic mass is 16.5. The van der Waals surface area contributed by atoms with Crippen LogP contribution in [0.2, 0.25) is 0 Å². The van der Waals surface area contributed by atoms with Crippen LogP contribution in [0.1, 0.15) is 31.9 Å². The third-order valence-electron chi connectivity index (χ3n) is 3.30. The van der Waals surface area contributed by atoms with Crippen molar-refractivity contribution in [1.29, 1.82) is 0 Å². The molecule has 0 saturated carbocycles. The van der Waals surface area contributed by atoms with Crippen LogP contribution in [0.15, 0.2) is 36.7 Å². The van der Waals surface area contributed by atoms with Crippen molar-refractivity contribution < 1.29 is 4.74 Å². The Balaban J connectivity index is 2.36. The lowest BCUT2D eigenvalue weighted by atomic mass is 9.98. The minimum Gasteiger partial charge on any atom is -0.492 e. The normalized spacial score (nSPS) is 10.9. The average Bonchev–Trinajstić information content (AvgIpc) is 2.46. The van der Waals surface area contributed by atoms with E-state index in [4.69, 9.17) is 4.74 Å². The van der Waals surface area contributed by atoms with Crippen molar-refractivity contribution in [2.45, 2.75) is 40.3 Å². The maximum Gasteiger partial charge on any atom is 0.138 e. The number of aromatic nitrogens is 1. The number of pyridine rings is 1. The Kier molecular flexibility index (Phi) is 5.34. The summed E-state index contributed by atoms with van der Waals surface area (Å²) in [4.78, 5) is 4.30. The van der Waals surface area contributed by atoms with Gasteiger partial charge in [-0.05, 0) is 31.0 Å². The Morgan fingerprint density at radius 3 is 2.71 bits per heavy atom. The SMILES string of the molecule is CCOc1cncc(-c2cc(C)ccc2CNC(C)C)c1. The summed E-state index contributed by atoms with van der Waals surface area (Å²) in [5, 5.41) is 3.48. The third-order valence-corrected chi connectivity index (χ3v) is 3.30. The number of rotatable bonds is 6. The maximum atomic E-state index is 5.56. The summed E-state index contributed by atoms with van der Waals surface area (Å²) in [5.74, 6) is 0.819. The van der Waals surface area contributed by atoms with Crippen LogP contribution in [0.5, 0.6) is 5.75 Å². The Labute approximate surface area is 127 Å². The van der Waals surface area contributed by atoms with E-state index in [1.807, 2.05) is 13.1 Å². The first-order valence-electron chi connectivity index (χ1n) is 7.51. The molecule has 0 aliphatic rings. The molecule has 0 radical (unpaired) electrons. The minimum absolute atomic E-state index is 0.465. The van der Waals surface area contributed by atoms with Crippen molar-refractivity contribution >= 4 is 0 Å². The molecule has 112 valence electrons. The standard InChI is InChI=1S/C18H24N2O/c1-5-21-17-9-16(10-19-12-17)18-8-14(4)6-7-15(18)11-20-13(2)3/h6-10,12-13,20H,5,11H2,1-4H3. The van der Waals surface area contributed by atoms with Crippen molar-refractivity contribution in [3.8, 4) is 16.9 Å². The highest BCUT2D eigenvalue weighted by Gasteiger charge is 2.08. The highest BCUT2D eigenvalue weighted by molar-refractivity contribution is 5.68. The molecule has 21 heavy (non-hydrogen) atoms. The molecular formula is C18H24N2O. The molecule has 1 N–H and O–H groups in total. The second-order valence-corrected chi connectivity index (χ2v) is 5.54. The lowest BCUT2D eigenvalue weighted by Crippen LogP contribution is -2.22. The number of aryl methyl sites for hydroxylation is 1. The van der Waals surface area contributed by atoms with Gasteiger partial charge in [-0.15, -0.1) is 0 Å². The minimum atomic E-state index is 0.465. The van der Waals surface area contributed by atoms with Gasteiger partial charge in [0.25, 0.3) is 0 Å². The number of benzene rings is 1. The second kappa shape index (κ2) is 7.23. The van der Waals surface area contributed by atoms with Crippen molar-refractivity contribution in [2.24, 2.45) is 0 Å². The number of hydrogen-bond donors (Lipinski definition) is 1. The van der Waals surface area contributed by atoms with Crippen LogP contribution >= 0.6 is 0 Å². The molecule has 1 aromatic heterocycles. The van der Waals surface area contributed by atoms with Gasteiger partial charge in [0.1, 0.15) is 5.75 Å². The van der Waals surface area contributed by atoms with Gasteiger partial charge in [-0.2, -0.15) is 0 Å². The maximum absolute atomic E-state index is 5.56. The van der Waals surface area contributed by atoms with Crippen molar-refractivity contribution in [3.63, 3.8) is 0 Å². The van der Waals surface area contributed by atoms with Gasteiger partial charge in [0.15, 0.2) is 0 Å². The second-order valence-electron chi connectivity index (χ2n) is 5.54. The Hall–Kier alpha value is -1.87. The summed E-state index contributed by atoms with van der Waals surface area (Å²) in [5.41, 5.74) is 4.85. The molecule has 0 fully saturated rings. The fourth-order valence-corrected chi connectivity index (χ4v) is 2.24. The summed E-state index contributed by atoms with van der Waals surface area (Å²) >= 11 is 0. The summed E-state index contributed by atoms with van der Waals surface area (Å²) in [7, 11) is 0. The number of ether oxygens (including phenoxy) is 1. The molecule has 1 aromatic carbocycles. The molecule has 0 amide bonds. The van der Waals surface area contributed by atoms with Crippen LogP contribution in [0.4, 0.5) is 0 Å². The predicted octanol–water partition coefficient (Wildman–Crippen LogP) is 3.95. The van der Waals surface area contributed by atoms with E-state index in [-0.39, 0.29) is 0 Å². The first-order chi connectivity index (χ1) is 10.1. The molecule has 2 aromatic rings. The van der Waals surface area contributed by atoms with E-state index >= 15 is 0 Å². The van der Waals surface area contributed by atoms with E-state index in [1.165, 1.54) is 16.7 Å². The third kappa shape index (κ3) is 4.30. The lowest BCUT2D eigenvalue weighted by Gasteiger charge is -2.14. The van der Waals surface area contributed by atoms with E-state index < -0.39 is 0 Å². The fourth-order valence-electron chi connectivity index (χ4n) is 2.24. The monoisotopic (exact) mass is 284 g/mol. The zero-order valence-corrected chi connectivity index (χ0v) is 13.3. The van der Waals surface area contributed by atoms with E-state index in [0.717, 1.165) is 17.9 Å². The smallest absolute Gasteiger partial charge is 0.138 e. The van der Waals surface area contributed by atoms with Crippen LogP contribution in [-0.4, -0.2) is 17.6 Å². The van der Waals surface area contributed by atoms with Gasteiger partial charge in [0.05, 0.1) is 12.8 Å². The van der Waals surface area contributed by atoms with E-state index in [9.17, 15) is 0 Å². The Bertz CT molecular complexity index is 594. The van der Waals surface area contributed by atoms with Gasteiger partial charge >= 0.3 is 0 Å². The lowest BCUT2D eigenvalue weighted by molar-refractivity contribution is 0.339. The van der Waals surface area contributed by atoms with Gasteiger partial charge < -0.3 is 10.1 Å². The average molecular weight is 284 g/mol. The summed E-state index contributed by atoms with van der Waals surface area (Å²) in [6.45, 7) is 9.92. The van der Waals surface area contributed by atoms with Crippen molar-refractivity contribution in [3.05, 3.63) is 47.8 Å². The summed E-state index contributed by atoms with van der Waals surface area (Å²) in [6, 6.07) is 9.08. The molecule has 0 bridgehead atoms. The summed E-state index contributed by atoms with van der Waals surface area (Å²) in [6.07, 6.45) is 3.66. The fraction of sp³-hybridized carbons (Fsp3) is 0.389. The number of nitrogens with zero attached hydrogens (tertiary/aromatic N) is 1. The van der Waals surface area contributed by atoms with E-state index in [0.29, 0.717) is 12.6 Å². The number of nitrogens with one attached hydrogen (secondary N) is 1. The molecule has 0 saturated heterocycles. The molecule has 3 heteroatoms. The molecule has 0 aliphatic carbocycles.